The van der Waals surface area contributed by atoms with Crippen molar-refractivity contribution in [2.75, 3.05) is 0 Å². The zero-order valence-electron chi connectivity index (χ0n) is 16.5. The standard InChI is InChI=1S/C25H19FN2O3/c26-21-10-5-6-17(12-21)16-31-24-11-4-3-9-20(24)15-27-28-25(30)22-13-18-7-1-2-8-19(18)14-23(22)29/h1-15,29H,16H2,(H,28,30). The molecule has 31 heavy (non-hydrogen) atoms. The van der Waals surface area contributed by atoms with Crippen LogP contribution in [0.3, 0.4) is 0 Å². The average Bonchev–Trinajstić information content (AvgIpc) is 2.78. The molecular weight excluding hydrogens is 395 g/mol. The largest absolute Gasteiger partial charge is 0.507 e. The molecule has 4 rings (SSSR count). The number of benzene rings is 4. The van der Waals surface area contributed by atoms with E-state index in [1.165, 1.54) is 18.3 Å². The van der Waals surface area contributed by atoms with Gasteiger partial charge in [0.1, 0.15) is 23.9 Å². The summed E-state index contributed by atoms with van der Waals surface area (Å²) in [4.78, 5) is 12.5. The van der Waals surface area contributed by atoms with E-state index in [9.17, 15) is 14.3 Å². The fourth-order valence-corrected chi connectivity index (χ4v) is 3.14. The molecule has 0 bridgehead atoms. The summed E-state index contributed by atoms with van der Waals surface area (Å²) < 4.78 is 19.1. The van der Waals surface area contributed by atoms with Crippen LogP contribution in [0.2, 0.25) is 0 Å². The molecule has 0 aliphatic heterocycles. The van der Waals surface area contributed by atoms with E-state index in [0.717, 1.165) is 10.8 Å². The van der Waals surface area contributed by atoms with Gasteiger partial charge in [-0.2, -0.15) is 5.10 Å². The highest BCUT2D eigenvalue weighted by atomic mass is 19.1. The highest BCUT2D eigenvalue weighted by Gasteiger charge is 2.12. The van der Waals surface area contributed by atoms with Crippen LogP contribution in [0.1, 0.15) is 21.5 Å². The van der Waals surface area contributed by atoms with Gasteiger partial charge in [-0.3, -0.25) is 4.79 Å². The summed E-state index contributed by atoms with van der Waals surface area (Å²) in [6, 6.07) is 24.0. The maximum atomic E-state index is 13.3. The van der Waals surface area contributed by atoms with E-state index in [0.29, 0.717) is 16.9 Å². The van der Waals surface area contributed by atoms with Crippen LogP contribution in [0.5, 0.6) is 11.5 Å². The molecule has 0 aromatic heterocycles. The Morgan fingerprint density at radius 2 is 1.71 bits per heavy atom. The molecule has 0 fully saturated rings. The maximum Gasteiger partial charge on any atom is 0.275 e. The molecule has 6 heteroatoms. The van der Waals surface area contributed by atoms with Crippen LogP contribution in [0, 0.1) is 5.82 Å². The Bertz CT molecular complexity index is 1270. The number of phenolic OH excluding ortho intramolecular Hbond substituents is 1. The first-order chi connectivity index (χ1) is 15.1. The van der Waals surface area contributed by atoms with Gasteiger partial charge >= 0.3 is 0 Å². The number of halogens is 1. The molecule has 2 N–H and O–H groups in total. The third-order valence-corrected chi connectivity index (χ3v) is 4.68. The van der Waals surface area contributed by atoms with Crippen molar-refractivity contribution in [1.29, 1.82) is 0 Å². The van der Waals surface area contributed by atoms with Gasteiger partial charge in [-0.1, -0.05) is 48.5 Å². The van der Waals surface area contributed by atoms with Crippen LogP contribution in [-0.2, 0) is 6.61 Å². The van der Waals surface area contributed by atoms with Crippen molar-refractivity contribution in [3.05, 3.63) is 107 Å². The smallest absolute Gasteiger partial charge is 0.275 e. The van der Waals surface area contributed by atoms with Gasteiger partial charge in [0, 0.05) is 5.56 Å². The SMILES string of the molecule is O=C(NN=Cc1ccccc1OCc1cccc(F)c1)c1cc2ccccc2cc1O. The van der Waals surface area contributed by atoms with E-state index in [-0.39, 0.29) is 23.7 Å². The molecule has 0 saturated carbocycles. The normalized spacial score (nSPS) is 11.0. The second kappa shape index (κ2) is 9.09. The number of nitrogens with zero attached hydrogens (tertiary/aromatic N) is 1. The number of hydrogen-bond donors (Lipinski definition) is 2. The number of aromatic hydroxyl groups is 1. The lowest BCUT2D eigenvalue weighted by Gasteiger charge is -2.09. The zero-order chi connectivity index (χ0) is 21.6. The van der Waals surface area contributed by atoms with E-state index in [2.05, 4.69) is 10.5 Å². The molecule has 0 spiro atoms. The third-order valence-electron chi connectivity index (χ3n) is 4.68. The van der Waals surface area contributed by atoms with Crippen molar-refractivity contribution in [2.45, 2.75) is 6.61 Å². The Morgan fingerprint density at radius 1 is 0.968 bits per heavy atom. The summed E-state index contributed by atoms with van der Waals surface area (Å²) in [7, 11) is 0. The number of para-hydroxylation sites is 1. The predicted molar refractivity (Wildman–Crippen MR) is 118 cm³/mol. The number of carbonyl (C=O) groups excluding carboxylic acids is 1. The maximum absolute atomic E-state index is 13.3. The molecule has 1 amide bonds. The zero-order valence-corrected chi connectivity index (χ0v) is 16.5. The molecule has 0 aliphatic carbocycles. The molecule has 154 valence electrons. The molecule has 0 saturated heterocycles. The number of phenols is 1. The fraction of sp³-hybridized carbons (Fsp3) is 0.0400. The lowest BCUT2D eigenvalue weighted by Crippen LogP contribution is -2.17. The third kappa shape index (κ3) is 4.87. The molecule has 5 nitrogen and oxygen atoms in total. The summed E-state index contributed by atoms with van der Waals surface area (Å²) >= 11 is 0. The lowest BCUT2D eigenvalue weighted by atomic mass is 10.1. The van der Waals surface area contributed by atoms with Gasteiger partial charge in [0.2, 0.25) is 0 Å². The highest BCUT2D eigenvalue weighted by molar-refractivity contribution is 6.01. The summed E-state index contributed by atoms with van der Waals surface area (Å²) in [6.45, 7) is 0.194. The van der Waals surface area contributed by atoms with Crippen molar-refractivity contribution >= 4 is 22.9 Å². The van der Waals surface area contributed by atoms with E-state index >= 15 is 0 Å². The Hall–Kier alpha value is -4.19. The topological polar surface area (TPSA) is 70.9 Å². The quantitative estimate of drug-likeness (QED) is 0.343. The fourth-order valence-electron chi connectivity index (χ4n) is 3.14. The molecule has 0 heterocycles. The molecule has 0 atom stereocenters. The van der Waals surface area contributed by atoms with Crippen molar-refractivity contribution in [2.24, 2.45) is 5.10 Å². The summed E-state index contributed by atoms with van der Waals surface area (Å²) in [5, 5.41) is 15.8. The van der Waals surface area contributed by atoms with Gasteiger partial charge in [-0.05, 0) is 52.7 Å². The number of fused-ring (bicyclic) bond motifs is 1. The average molecular weight is 414 g/mol. The van der Waals surface area contributed by atoms with Crippen LogP contribution in [0.15, 0.2) is 90.0 Å². The number of nitrogens with one attached hydrogen (secondary N) is 1. The minimum atomic E-state index is -0.530. The van der Waals surface area contributed by atoms with Gasteiger partial charge in [0.05, 0.1) is 11.8 Å². The second-order valence-corrected chi connectivity index (χ2v) is 6.87. The first-order valence-corrected chi connectivity index (χ1v) is 9.61. The van der Waals surface area contributed by atoms with Crippen LogP contribution >= 0.6 is 0 Å². The van der Waals surface area contributed by atoms with Gasteiger partial charge in [-0.25, -0.2) is 9.82 Å². The van der Waals surface area contributed by atoms with E-state index in [1.54, 1.807) is 36.4 Å². The van der Waals surface area contributed by atoms with Gasteiger partial charge < -0.3 is 9.84 Å². The molecule has 0 aliphatic rings. The van der Waals surface area contributed by atoms with Crippen molar-refractivity contribution in [1.82, 2.24) is 5.43 Å². The monoisotopic (exact) mass is 414 g/mol. The lowest BCUT2D eigenvalue weighted by molar-refractivity contribution is 0.0952. The van der Waals surface area contributed by atoms with Gasteiger partial charge in [0.25, 0.3) is 5.91 Å². The van der Waals surface area contributed by atoms with Crippen LogP contribution < -0.4 is 10.2 Å². The first-order valence-electron chi connectivity index (χ1n) is 9.61. The van der Waals surface area contributed by atoms with E-state index in [4.69, 9.17) is 4.74 Å². The van der Waals surface area contributed by atoms with Crippen molar-refractivity contribution in [3.63, 3.8) is 0 Å². The van der Waals surface area contributed by atoms with E-state index < -0.39 is 5.91 Å². The Morgan fingerprint density at radius 3 is 2.52 bits per heavy atom. The second-order valence-electron chi connectivity index (χ2n) is 6.87. The van der Waals surface area contributed by atoms with Gasteiger partial charge in [0.15, 0.2) is 0 Å². The number of amides is 1. The summed E-state index contributed by atoms with van der Waals surface area (Å²) in [5.74, 6) is -0.434. The van der Waals surface area contributed by atoms with Crippen molar-refractivity contribution in [3.8, 4) is 11.5 Å². The predicted octanol–water partition coefficient (Wildman–Crippen LogP) is 5.03. The van der Waals surface area contributed by atoms with Gasteiger partial charge in [-0.15, -0.1) is 0 Å². The van der Waals surface area contributed by atoms with Crippen LogP contribution in [0.25, 0.3) is 10.8 Å². The van der Waals surface area contributed by atoms with Crippen LogP contribution in [0.4, 0.5) is 4.39 Å². The molecule has 4 aromatic carbocycles. The molecule has 0 radical (unpaired) electrons. The number of rotatable bonds is 6. The number of ether oxygens (including phenoxy) is 1. The highest BCUT2D eigenvalue weighted by Crippen LogP contribution is 2.25. The molecule has 0 unspecified atom stereocenters. The minimum Gasteiger partial charge on any atom is -0.507 e. The van der Waals surface area contributed by atoms with Crippen LogP contribution in [-0.4, -0.2) is 17.2 Å². The first kappa shape index (κ1) is 20.1. The molecule has 4 aromatic rings. The minimum absolute atomic E-state index is 0.120. The Kier molecular flexibility index (Phi) is 5.89. The number of carbonyl (C=O) groups is 1. The summed E-state index contributed by atoms with van der Waals surface area (Å²) in [6.07, 6.45) is 1.46. The number of hydrogen-bond acceptors (Lipinski definition) is 4. The molecular formula is C25H19FN2O3. The summed E-state index contributed by atoms with van der Waals surface area (Å²) in [5.41, 5.74) is 3.90. The van der Waals surface area contributed by atoms with E-state index in [1.807, 2.05) is 36.4 Å². The Labute approximate surface area is 178 Å². The van der Waals surface area contributed by atoms with Crippen molar-refractivity contribution < 1.29 is 19.0 Å². The Balaban J connectivity index is 1.45. The number of hydrazone groups is 1.